The van der Waals surface area contributed by atoms with Crippen LogP contribution in [0.15, 0.2) is 30.6 Å². The molecule has 0 aliphatic heterocycles. The van der Waals surface area contributed by atoms with E-state index < -0.39 is 0 Å². The van der Waals surface area contributed by atoms with Crippen LogP contribution in [-0.4, -0.2) is 43.9 Å². The van der Waals surface area contributed by atoms with Crippen molar-refractivity contribution in [2.75, 3.05) is 6.54 Å². The molecule has 1 amide bonds. The van der Waals surface area contributed by atoms with Crippen molar-refractivity contribution in [2.24, 2.45) is 5.92 Å². The van der Waals surface area contributed by atoms with Crippen LogP contribution in [0.25, 0.3) is 5.69 Å². The highest BCUT2D eigenvalue weighted by Crippen LogP contribution is 2.24. The van der Waals surface area contributed by atoms with E-state index in [1.165, 1.54) is 11.0 Å². The first-order valence-electron chi connectivity index (χ1n) is 7.04. The molecule has 0 spiro atoms. The van der Waals surface area contributed by atoms with E-state index in [9.17, 15) is 9.90 Å². The largest absolute Gasteiger partial charge is 0.393 e. The van der Waals surface area contributed by atoms with Gasteiger partial charge in [0.25, 0.3) is 5.91 Å². The third kappa shape index (κ3) is 3.08. The van der Waals surface area contributed by atoms with Gasteiger partial charge in [-0.15, -0.1) is 5.10 Å². The van der Waals surface area contributed by atoms with Gasteiger partial charge in [-0.2, -0.15) is 0 Å². The van der Waals surface area contributed by atoms with Gasteiger partial charge in [0, 0.05) is 18.0 Å². The Morgan fingerprint density at radius 3 is 2.76 bits per heavy atom. The molecule has 0 radical (unpaired) electrons. The van der Waals surface area contributed by atoms with Gasteiger partial charge in [0.05, 0.1) is 11.8 Å². The minimum Gasteiger partial charge on any atom is -0.393 e. The molecule has 110 valence electrons. The number of nitrogens with zero attached hydrogens (tertiary/aromatic N) is 4. The normalized spacial score (nSPS) is 21.4. The van der Waals surface area contributed by atoms with E-state index in [1.54, 1.807) is 24.3 Å². The molecule has 3 rings (SSSR count). The summed E-state index contributed by atoms with van der Waals surface area (Å²) in [7, 11) is 0. The second-order valence-corrected chi connectivity index (χ2v) is 5.27. The summed E-state index contributed by atoms with van der Waals surface area (Å²) in [5.74, 6) is 0.0480. The molecule has 1 fully saturated rings. The van der Waals surface area contributed by atoms with Crippen molar-refractivity contribution in [1.82, 2.24) is 25.5 Å². The van der Waals surface area contributed by atoms with E-state index in [-0.39, 0.29) is 17.9 Å². The van der Waals surface area contributed by atoms with Crippen LogP contribution in [-0.2, 0) is 0 Å². The maximum absolute atomic E-state index is 12.1. The van der Waals surface area contributed by atoms with Crippen LogP contribution in [0.1, 0.15) is 29.6 Å². The molecular formula is C14H17N5O2. The SMILES string of the molecule is O=C(NCC1CCCC1O)c1ccc(-n2cnnn2)cc1. The molecule has 2 aromatic rings. The lowest BCUT2D eigenvalue weighted by Gasteiger charge is -2.15. The number of carbonyl (C=O) groups excluding carboxylic acids is 1. The van der Waals surface area contributed by atoms with Gasteiger partial charge in [-0.3, -0.25) is 4.79 Å². The summed E-state index contributed by atoms with van der Waals surface area (Å²) < 4.78 is 1.52. The van der Waals surface area contributed by atoms with Gasteiger partial charge in [-0.25, -0.2) is 4.68 Å². The average Bonchev–Trinajstić information content (AvgIpc) is 3.17. The highest BCUT2D eigenvalue weighted by Gasteiger charge is 2.25. The predicted molar refractivity (Wildman–Crippen MR) is 74.8 cm³/mol. The Morgan fingerprint density at radius 1 is 1.33 bits per heavy atom. The second kappa shape index (κ2) is 6.01. The third-order valence-electron chi connectivity index (χ3n) is 3.89. The first kappa shape index (κ1) is 13.7. The molecule has 1 aliphatic carbocycles. The zero-order chi connectivity index (χ0) is 14.7. The molecule has 1 saturated carbocycles. The lowest BCUT2D eigenvalue weighted by molar-refractivity contribution is 0.0917. The number of aliphatic hydroxyl groups is 1. The van der Waals surface area contributed by atoms with E-state index in [4.69, 9.17) is 0 Å². The number of hydrogen-bond donors (Lipinski definition) is 2. The fraction of sp³-hybridized carbons (Fsp3) is 0.429. The van der Waals surface area contributed by atoms with E-state index in [1.807, 2.05) is 0 Å². The molecule has 0 saturated heterocycles. The van der Waals surface area contributed by atoms with Crippen LogP contribution in [0.3, 0.4) is 0 Å². The van der Waals surface area contributed by atoms with Crippen molar-refractivity contribution in [3.8, 4) is 5.69 Å². The molecule has 1 heterocycles. The number of benzene rings is 1. The summed E-state index contributed by atoms with van der Waals surface area (Å²) in [6.45, 7) is 0.523. The summed E-state index contributed by atoms with van der Waals surface area (Å²) in [4.78, 5) is 12.1. The molecule has 2 N–H and O–H groups in total. The van der Waals surface area contributed by atoms with Crippen molar-refractivity contribution in [3.05, 3.63) is 36.2 Å². The van der Waals surface area contributed by atoms with E-state index >= 15 is 0 Å². The Kier molecular flexibility index (Phi) is 3.92. The molecule has 1 aliphatic rings. The first-order chi connectivity index (χ1) is 10.2. The number of amides is 1. The third-order valence-corrected chi connectivity index (χ3v) is 3.89. The van der Waals surface area contributed by atoms with Crippen molar-refractivity contribution >= 4 is 5.91 Å². The van der Waals surface area contributed by atoms with Gasteiger partial charge in [0.1, 0.15) is 6.33 Å². The Balaban J connectivity index is 1.60. The molecule has 1 aromatic carbocycles. The fourth-order valence-corrected chi connectivity index (χ4v) is 2.63. The lowest BCUT2D eigenvalue weighted by Crippen LogP contribution is -2.32. The number of nitrogens with one attached hydrogen (secondary N) is 1. The molecule has 2 unspecified atom stereocenters. The second-order valence-electron chi connectivity index (χ2n) is 5.27. The van der Waals surface area contributed by atoms with E-state index in [0.29, 0.717) is 12.1 Å². The van der Waals surface area contributed by atoms with E-state index in [2.05, 4.69) is 20.8 Å². The summed E-state index contributed by atoms with van der Waals surface area (Å²) in [6.07, 6.45) is 4.05. The lowest BCUT2D eigenvalue weighted by atomic mass is 10.1. The van der Waals surface area contributed by atoms with E-state index in [0.717, 1.165) is 24.9 Å². The minimum absolute atomic E-state index is 0.127. The van der Waals surface area contributed by atoms with Crippen LogP contribution < -0.4 is 5.32 Å². The maximum Gasteiger partial charge on any atom is 0.251 e. The van der Waals surface area contributed by atoms with Gasteiger partial charge < -0.3 is 10.4 Å². The quantitative estimate of drug-likeness (QED) is 0.856. The molecule has 21 heavy (non-hydrogen) atoms. The zero-order valence-electron chi connectivity index (χ0n) is 11.5. The standard InChI is InChI=1S/C14H17N5O2/c20-13-3-1-2-11(13)8-15-14(21)10-4-6-12(7-5-10)19-9-16-17-18-19/h4-7,9,11,13,20H,1-3,8H2,(H,15,21). The summed E-state index contributed by atoms with van der Waals surface area (Å²) in [6, 6.07) is 7.04. The number of rotatable bonds is 4. The van der Waals surface area contributed by atoms with Crippen LogP contribution in [0.2, 0.25) is 0 Å². The number of aliphatic hydroxyl groups excluding tert-OH is 1. The zero-order valence-corrected chi connectivity index (χ0v) is 11.5. The smallest absolute Gasteiger partial charge is 0.251 e. The van der Waals surface area contributed by atoms with Crippen molar-refractivity contribution in [3.63, 3.8) is 0 Å². The fourth-order valence-electron chi connectivity index (χ4n) is 2.63. The molecule has 7 heteroatoms. The van der Waals surface area contributed by atoms with Crippen LogP contribution in [0.4, 0.5) is 0 Å². The van der Waals surface area contributed by atoms with Gasteiger partial charge in [0.2, 0.25) is 0 Å². The van der Waals surface area contributed by atoms with Crippen molar-refractivity contribution in [1.29, 1.82) is 0 Å². The molecule has 2 atom stereocenters. The Labute approximate surface area is 122 Å². The molecule has 1 aromatic heterocycles. The van der Waals surface area contributed by atoms with Crippen LogP contribution in [0, 0.1) is 5.92 Å². The predicted octanol–water partition coefficient (Wildman–Crippen LogP) is 0.553. The topological polar surface area (TPSA) is 92.9 Å². The monoisotopic (exact) mass is 287 g/mol. The van der Waals surface area contributed by atoms with Crippen molar-refractivity contribution < 1.29 is 9.90 Å². The first-order valence-corrected chi connectivity index (χ1v) is 7.04. The number of aromatic nitrogens is 4. The van der Waals surface area contributed by atoms with Gasteiger partial charge in [-0.05, 0) is 47.5 Å². The summed E-state index contributed by atoms with van der Waals surface area (Å²) >= 11 is 0. The molecular weight excluding hydrogens is 270 g/mol. The Bertz CT molecular complexity index is 596. The highest BCUT2D eigenvalue weighted by atomic mass is 16.3. The average molecular weight is 287 g/mol. The van der Waals surface area contributed by atoms with Gasteiger partial charge in [0.15, 0.2) is 0 Å². The van der Waals surface area contributed by atoms with Crippen LogP contribution in [0.5, 0.6) is 0 Å². The summed E-state index contributed by atoms with van der Waals surface area (Å²) in [5.41, 5.74) is 1.38. The summed E-state index contributed by atoms with van der Waals surface area (Å²) in [5, 5.41) is 23.5. The van der Waals surface area contributed by atoms with Crippen LogP contribution >= 0.6 is 0 Å². The highest BCUT2D eigenvalue weighted by molar-refractivity contribution is 5.94. The van der Waals surface area contributed by atoms with Gasteiger partial charge >= 0.3 is 0 Å². The van der Waals surface area contributed by atoms with Crippen molar-refractivity contribution in [2.45, 2.75) is 25.4 Å². The maximum atomic E-state index is 12.1. The molecule has 7 nitrogen and oxygen atoms in total. The Morgan fingerprint density at radius 2 is 2.14 bits per heavy atom. The van der Waals surface area contributed by atoms with Gasteiger partial charge in [-0.1, -0.05) is 6.42 Å². The Hall–Kier alpha value is -2.28. The number of carbonyl (C=O) groups is 1. The number of tetrazole rings is 1. The minimum atomic E-state index is -0.285. The molecule has 0 bridgehead atoms. The number of hydrogen-bond acceptors (Lipinski definition) is 5.